The maximum Gasteiger partial charge on any atom is 0.132 e. The van der Waals surface area contributed by atoms with E-state index in [9.17, 15) is 4.79 Å². The van der Waals surface area contributed by atoms with Crippen molar-refractivity contribution < 1.29 is 4.79 Å². The number of carbonyl (C=O) groups is 1. The van der Waals surface area contributed by atoms with Crippen LogP contribution in [0.1, 0.15) is 42.7 Å². The molecule has 0 spiro atoms. The van der Waals surface area contributed by atoms with Crippen LogP contribution in [0.25, 0.3) is 10.9 Å². The molecule has 0 aliphatic heterocycles. The zero-order chi connectivity index (χ0) is 15.4. The van der Waals surface area contributed by atoms with E-state index in [0.717, 1.165) is 18.4 Å². The first-order valence-electron chi connectivity index (χ1n) is 7.20. The summed E-state index contributed by atoms with van der Waals surface area (Å²) in [5, 5.41) is 10.2. The minimum atomic E-state index is 0.384. The highest BCUT2D eigenvalue weighted by Gasteiger charge is 2.23. The van der Waals surface area contributed by atoms with Crippen molar-refractivity contribution >= 4 is 16.7 Å². The predicted molar refractivity (Wildman–Crippen MR) is 85.1 cm³/mol. The minimum absolute atomic E-state index is 0.384. The van der Waals surface area contributed by atoms with E-state index < -0.39 is 0 Å². The third-order valence-electron chi connectivity index (χ3n) is 4.13. The van der Waals surface area contributed by atoms with Crippen LogP contribution in [0.5, 0.6) is 0 Å². The van der Waals surface area contributed by atoms with Gasteiger partial charge in [0.05, 0.1) is 11.6 Å². The summed E-state index contributed by atoms with van der Waals surface area (Å²) in [6.07, 6.45) is 5.42. The Morgan fingerprint density at radius 2 is 1.95 bits per heavy atom. The molecule has 0 amide bonds. The van der Waals surface area contributed by atoms with E-state index in [-0.39, 0.29) is 0 Å². The number of ketones is 1. The summed E-state index contributed by atoms with van der Waals surface area (Å²) in [4.78, 5) is 11.4. The van der Waals surface area contributed by atoms with Crippen LogP contribution in [0.2, 0.25) is 0 Å². The van der Waals surface area contributed by atoms with E-state index in [1.54, 1.807) is 0 Å². The first-order chi connectivity index (χ1) is 10.2. The Morgan fingerprint density at radius 1 is 1.29 bits per heavy atom. The Kier molecular flexibility index (Phi) is 4.59. The van der Waals surface area contributed by atoms with E-state index in [2.05, 4.69) is 30.0 Å². The second-order valence-electron chi connectivity index (χ2n) is 5.35. The predicted octanol–water partition coefficient (Wildman–Crippen LogP) is 4.08. The molecule has 1 heterocycles. The topological polar surface area (TPSA) is 45.8 Å². The lowest BCUT2D eigenvalue weighted by Crippen LogP contribution is -2.12. The quantitative estimate of drug-likeness (QED) is 0.739. The van der Waals surface area contributed by atoms with Gasteiger partial charge in [-0.2, -0.15) is 5.26 Å². The number of benzene rings is 1. The number of aryl methyl sites for hydroxylation is 1. The second kappa shape index (κ2) is 6.41. The molecule has 1 fully saturated rings. The van der Waals surface area contributed by atoms with Crippen molar-refractivity contribution in [3.05, 3.63) is 48.7 Å². The van der Waals surface area contributed by atoms with E-state index in [0.29, 0.717) is 30.1 Å². The smallest absolute Gasteiger partial charge is 0.132 e. The number of aromatic nitrogens is 1. The van der Waals surface area contributed by atoms with Crippen LogP contribution in [0.15, 0.2) is 37.6 Å². The van der Waals surface area contributed by atoms with Crippen molar-refractivity contribution in [3.8, 4) is 6.07 Å². The summed E-state index contributed by atoms with van der Waals surface area (Å²) in [7, 11) is 2.03. The molecule has 1 saturated carbocycles. The first-order valence-corrected chi connectivity index (χ1v) is 7.20. The highest BCUT2D eigenvalue weighted by molar-refractivity contribution is 5.86. The number of fused-ring (bicyclic) bond motifs is 1. The fourth-order valence-corrected chi connectivity index (χ4v) is 3.07. The lowest BCUT2D eigenvalue weighted by molar-refractivity contribution is -0.120. The van der Waals surface area contributed by atoms with Gasteiger partial charge in [0.2, 0.25) is 0 Å². The van der Waals surface area contributed by atoms with Gasteiger partial charge >= 0.3 is 0 Å². The van der Waals surface area contributed by atoms with E-state index in [1.165, 1.54) is 10.9 Å². The van der Waals surface area contributed by atoms with Crippen LogP contribution in [0, 0.1) is 11.3 Å². The molecule has 0 N–H and O–H groups in total. The van der Waals surface area contributed by atoms with Crippen molar-refractivity contribution in [1.82, 2.24) is 4.57 Å². The van der Waals surface area contributed by atoms with Crippen LogP contribution in [0.4, 0.5) is 0 Å². The number of rotatable bonds is 1. The molecule has 3 nitrogen and oxygen atoms in total. The summed E-state index contributed by atoms with van der Waals surface area (Å²) >= 11 is 0. The fourth-order valence-electron chi connectivity index (χ4n) is 3.07. The van der Waals surface area contributed by atoms with Crippen LogP contribution >= 0.6 is 0 Å². The molecule has 0 atom stereocenters. The average Bonchev–Trinajstić information content (AvgIpc) is 2.86. The lowest BCUT2D eigenvalue weighted by atomic mass is 9.83. The summed E-state index contributed by atoms with van der Waals surface area (Å²) in [5.74, 6) is 0.838. The van der Waals surface area contributed by atoms with Gasteiger partial charge in [-0.25, -0.2) is 0 Å². The SMILES string of the molecule is C=C.Cn1cc(C2CCC(=O)CC2)c2cc(C#N)ccc21. The van der Waals surface area contributed by atoms with Gasteiger partial charge < -0.3 is 4.57 Å². The van der Waals surface area contributed by atoms with E-state index in [4.69, 9.17) is 5.26 Å². The summed E-state index contributed by atoms with van der Waals surface area (Å²) in [5.41, 5.74) is 3.15. The number of carbonyl (C=O) groups excluding carboxylic acids is 1. The van der Waals surface area contributed by atoms with Crippen molar-refractivity contribution in [1.29, 1.82) is 5.26 Å². The summed E-state index contributed by atoms with van der Waals surface area (Å²) < 4.78 is 2.11. The minimum Gasteiger partial charge on any atom is -0.350 e. The molecule has 0 radical (unpaired) electrons. The number of hydrogen-bond acceptors (Lipinski definition) is 2. The van der Waals surface area contributed by atoms with Gasteiger partial charge in [0.15, 0.2) is 0 Å². The van der Waals surface area contributed by atoms with Crippen LogP contribution in [0.3, 0.4) is 0 Å². The van der Waals surface area contributed by atoms with Crippen molar-refractivity contribution in [2.75, 3.05) is 0 Å². The molecular formula is C18H20N2O. The molecule has 1 aromatic carbocycles. The average molecular weight is 280 g/mol. The van der Waals surface area contributed by atoms with Gasteiger partial charge in [0, 0.05) is 37.0 Å². The van der Waals surface area contributed by atoms with Gasteiger partial charge in [-0.3, -0.25) is 4.79 Å². The Hall–Kier alpha value is -2.34. The number of hydrogen-bond donors (Lipinski definition) is 0. The number of nitrogens with zero attached hydrogens (tertiary/aromatic N) is 2. The summed E-state index contributed by atoms with van der Waals surface area (Å²) in [6.45, 7) is 6.00. The molecule has 1 aromatic heterocycles. The molecule has 0 saturated heterocycles. The Bertz CT molecular complexity index is 696. The molecule has 21 heavy (non-hydrogen) atoms. The number of nitriles is 1. The molecule has 1 aliphatic rings. The fraction of sp³-hybridized carbons (Fsp3) is 0.333. The largest absolute Gasteiger partial charge is 0.350 e. The van der Waals surface area contributed by atoms with Crippen LogP contribution < -0.4 is 0 Å². The summed E-state index contributed by atoms with van der Waals surface area (Å²) in [6, 6.07) is 8.04. The van der Waals surface area contributed by atoms with Crippen LogP contribution in [-0.4, -0.2) is 10.4 Å². The molecular weight excluding hydrogens is 260 g/mol. The van der Waals surface area contributed by atoms with Gasteiger partial charge in [-0.05, 0) is 42.5 Å². The molecule has 2 aromatic rings. The van der Waals surface area contributed by atoms with Gasteiger partial charge in [0.1, 0.15) is 5.78 Å². The second-order valence-corrected chi connectivity index (χ2v) is 5.35. The van der Waals surface area contributed by atoms with Crippen molar-refractivity contribution in [2.45, 2.75) is 31.6 Å². The lowest BCUT2D eigenvalue weighted by Gasteiger charge is -2.20. The van der Waals surface area contributed by atoms with Gasteiger partial charge in [-0.1, -0.05) is 0 Å². The Morgan fingerprint density at radius 3 is 2.57 bits per heavy atom. The maximum absolute atomic E-state index is 11.4. The third-order valence-corrected chi connectivity index (χ3v) is 4.13. The van der Waals surface area contributed by atoms with E-state index >= 15 is 0 Å². The van der Waals surface area contributed by atoms with Crippen molar-refractivity contribution in [3.63, 3.8) is 0 Å². The standard InChI is InChI=1S/C16H16N2O.C2H4/c1-18-10-15(12-3-5-13(19)6-4-12)14-8-11(9-17)2-7-16(14)18;1-2/h2,7-8,10,12H,3-6H2,1H3;1-2H2. The normalized spacial score (nSPS) is 15.3. The molecule has 108 valence electrons. The third kappa shape index (κ3) is 2.90. The zero-order valence-electron chi connectivity index (χ0n) is 12.4. The Balaban J connectivity index is 0.000000774. The first kappa shape index (κ1) is 15.1. The zero-order valence-corrected chi connectivity index (χ0v) is 12.4. The monoisotopic (exact) mass is 280 g/mol. The molecule has 1 aliphatic carbocycles. The van der Waals surface area contributed by atoms with E-state index in [1.807, 2.05) is 25.2 Å². The maximum atomic E-state index is 11.4. The van der Waals surface area contributed by atoms with Gasteiger partial charge in [-0.15, -0.1) is 13.2 Å². The molecule has 3 heteroatoms. The van der Waals surface area contributed by atoms with Gasteiger partial charge in [0.25, 0.3) is 0 Å². The molecule has 3 rings (SSSR count). The van der Waals surface area contributed by atoms with Crippen LogP contribution in [-0.2, 0) is 11.8 Å². The number of Topliss-reactive ketones (excluding diaryl/α,β-unsaturated/α-hetero) is 1. The highest BCUT2D eigenvalue weighted by Crippen LogP contribution is 2.36. The molecule has 0 unspecified atom stereocenters. The Labute approximate surface area is 125 Å². The van der Waals surface area contributed by atoms with Crippen molar-refractivity contribution in [2.24, 2.45) is 7.05 Å². The molecule has 0 bridgehead atoms. The highest BCUT2D eigenvalue weighted by atomic mass is 16.1.